The summed E-state index contributed by atoms with van der Waals surface area (Å²) in [4.78, 5) is 0. The lowest BCUT2D eigenvalue weighted by atomic mass is 10.2. The van der Waals surface area contributed by atoms with Crippen molar-refractivity contribution >= 4 is 17.1 Å². The highest BCUT2D eigenvalue weighted by atomic mass is 28.5. The molecule has 0 aromatic carbocycles. The summed E-state index contributed by atoms with van der Waals surface area (Å²) >= 11 is 0. The second-order valence-electron chi connectivity index (χ2n) is 7.81. The SMILES string of the molecule is CCCC#CCC(CC)O[Si](C)(C)O[Si](C)(C)OC(CC)CC#CCCC. The summed E-state index contributed by atoms with van der Waals surface area (Å²) < 4.78 is 19.2. The fourth-order valence-electron chi connectivity index (χ4n) is 2.78. The number of unbranched alkanes of at least 4 members (excludes halogenated alkanes) is 2. The summed E-state index contributed by atoms with van der Waals surface area (Å²) in [5, 5.41) is 0. The lowest BCUT2D eigenvalue weighted by Crippen LogP contribution is -2.51. The van der Waals surface area contributed by atoms with Crippen LogP contribution < -0.4 is 0 Å². The molecule has 0 radical (unpaired) electrons. The Bertz CT molecular complexity index is 463. The first-order valence-corrected chi connectivity index (χ1v) is 16.3. The normalized spacial score (nSPS) is 13.9. The van der Waals surface area contributed by atoms with Crippen LogP contribution in [0.15, 0.2) is 0 Å². The highest BCUT2D eigenvalue weighted by Gasteiger charge is 2.39. The minimum Gasteiger partial charge on any atom is -0.415 e. The van der Waals surface area contributed by atoms with Gasteiger partial charge < -0.3 is 13.0 Å². The van der Waals surface area contributed by atoms with Crippen molar-refractivity contribution in [1.29, 1.82) is 0 Å². The van der Waals surface area contributed by atoms with Crippen molar-refractivity contribution in [3.05, 3.63) is 0 Å². The minimum absolute atomic E-state index is 0.141. The molecule has 27 heavy (non-hydrogen) atoms. The van der Waals surface area contributed by atoms with E-state index in [0.717, 1.165) is 51.4 Å². The predicted octanol–water partition coefficient (Wildman–Crippen LogP) is 6.38. The molecule has 0 saturated carbocycles. The second-order valence-corrected chi connectivity index (χ2v) is 14.7. The Morgan fingerprint density at radius 3 is 1.30 bits per heavy atom. The lowest BCUT2D eigenvalue weighted by Gasteiger charge is -2.36. The first-order valence-electron chi connectivity index (χ1n) is 10.7. The van der Waals surface area contributed by atoms with Crippen LogP contribution in [0.1, 0.15) is 79.1 Å². The Morgan fingerprint density at radius 2 is 1.00 bits per heavy atom. The molecule has 2 unspecified atom stereocenters. The van der Waals surface area contributed by atoms with Gasteiger partial charge in [0.25, 0.3) is 0 Å². The van der Waals surface area contributed by atoms with Gasteiger partial charge in [0, 0.05) is 25.7 Å². The van der Waals surface area contributed by atoms with Crippen molar-refractivity contribution in [2.45, 2.75) is 117 Å². The molecule has 0 N–H and O–H groups in total. The van der Waals surface area contributed by atoms with E-state index in [4.69, 9.17) is 13.0 Å². The molecule has 0 aliphatic rings. The van der Waals surface area contributed by atoms with Gasteiger partial charge in [-0.05, 0) is 51.9 Å². The van der Waals surface area contributed by atoms with Gasteiger partial charge in [-0.15, -0.1) is 23.7 Å². The van der Waals surface area contributed by atoms with Gasteiger partial charge in [0.15, 0.2) is 0 Å². The molecule has 0 saturated heterocycles. The van der Waals surface area contributed by atoms with E-state index in [1.165, 1.54) is 0 Å². The molecule has 0 fully saturated rings. The van der Waals surface area contributed by atoms with Crippen LogP contribution in [-0.4, -0.2) is 29.3 Å². The Hall–Kier alpha value is -0.566. The lowest BCUT2D eigenvalue weighted by molar-refractivity contribution is 0.118. The maximum Gasteiger partial charge on any atom is 0.323 e. The summed E-state index contributed by atoms with van der Waals surface area (Å²) in [6.07, 6.45) is 7.88. The Morgan fingerprint density at radius 1 is 0.630 bits per heavy atom. The average molecular weight is 411 g/mol. The predicted molar refractivity (Wildman–Crippen MR) is 121 cm³/mol. The fraction of sp³-hybridized carbons (Fsp3) is 0.818. The van der Waals surface area contributed by atoms with Crippen molar-refractivity contribution in [2.75, 3.05) is 0 Å². The van der Waals surface area contributed by atoms with Gasteiger partial charge in [-0.1, -0.05) is 27.7 Å². The molecule has 0 amide bonds. The number of rotatable bonds is 12. The second kappa shape index (κ2) is 14.4. The van der Waals surface area contributed by atoms with E-state index in [0.29, 0.717) is 0 Å². The monoisotopic (exact) mass is 410 g/mol. The topological polar surface area (TPSA) is 27.7 Å². The number of hydrogen-bond donors (Lipinski definition) is 0. The van der Waals surface area contributed by atoms with Gasteiger partial charge in [0.2, 0.25) is 0 Å². The van der Waals surface area contributed by atoms with Crippen molar-refractivity contribution in [3.63, 3.8) is 0 Å². The molecular weight excluding hydrogens is 368 g/mol. The summed E-state index contributed by atoms with van der Waals surface area (Å²) in [6.45, 7) is 17.1. The van der Waals surface area contributed by atoms with Gasteiger partial charge in [0.1, 0.15) is 0 Å². The molecule has 0 bridgehead atoms. The van der Waals surface area contributed by atoms with E-state index >= 15 is 0 Å². The van der Waals surface area contributed by atoms with E-state index < -0.39 is 17.1 Å². The van der Waals surface area contributed by atoms with E-state index in [2.05, 4.69) is 77.6 Å². The van der Waals surface area contributed by atoms with E-state index in [-0.39, 0.29) is 12.2 Å². The Kier molecular flexibility index (Phi) is 14.1. The van der Waals surface area contributed by atoms with Crippen LogP contribution in [0.3, 0.4) is 0 Å². The third kappa shape index (κ3) is 14.1. The minimum atomic E-state index is -2.28. The van der Waals surface area contributed by atoms with Gasteiger partial charge >= 0.3 is 17.1 Å². The van der Waals surface area contributed by atoms with Crippen molar-refractivity contribution in [3.8, 4) is 23.7 Å². The largest absolute Gasteiger partial charge is 0.415 e. The highest BCUT2D eigenvalue weighted by Crippen LogP contribution is 2.22. The fourth-order valence-corrected chi connectivity index (χ4v) is 10.0. The summed E-state index contributed by atoms with van der Waals surface area (Å²) in [7, 11) is -4.56. The zero-order valence-electron chi connectivity index (χ0n) is 19.0. The first kappa shape index (κ1) is 26.4. The van der Waals surface area contributed by atoms with E-state index in [1.54, 1.807) is 0 Å². The molecule has 0 aromatic rings. The Balaban J connectivity index is 4.72. The van der Waals surface area contributed by atoms with Gasteiger partial charge in [0.05, 0.1) is 12.2 Å². The third-order valence-corrected chi connectivity index (χ3v) is 9.70. The molecule has 2 atom stereocenters. The van der Waals surface area contributed by atoms with Crippen LogP contribution in [0.4, 0.5) is 0 Å². The van der Waals surface area contributed by atoms with E-state index in [9.17, 15) is 0 Å². The summed E-state index contributed by atoms with van der Waals surface area (Å²) in [5.41, 5.74) is 0. The smallest absolute Gasteiger partial charge is 0.323 e. The van der Waals surface area contributed by atoms with Gasteiger partial charge in [-0.25, -0.2) is 0 Å². The molecule has 0 aromatic heterocycles. The number of hydrogen-bond acceptors (Lipinski definition) is 3. The Labute approximate surface area is 171 Å². The van der Waals surface area contributed by atoms with Crippen molar-refractivity contribution in [2.24, 2.45) is 0 Å². The first-order chi connectivity index (χ1) is 12.7. The van der Waals surface area contributed by atoms with Crippen LogP contribution in [-0.2, 0) is 13.0 Å². The quantitative estimate of drug-likeness (QED) is 0.276. The van der Waals surface area contributed by atoms with Crippen LogP contribution in [0.25, 0.3) is 0 Å². The van der Waals surface area contributed by atoms with Gasteiger partial charge in [-0.3, -0.25) is 0 Å². The molecule has 156 valence electrons. The zero-order valence-corrected chi connectivity index (χ0v) is 21.0. The molecule has 0 heterocycles. The van der Waals surface area contributed by atoms with E-state index in [1.807, 2.05) is 0 Å². The van der Waals surface area contributed by atoms with Crippen LogP contribution in [0.2, 0.25) is 26.2 Å². The molecule has 0 rings (SSSR count). The molecule has 3 nitrogen and oxygen atoms in total. The van der Waals surface area contributed by atoms with Gasteiger partial charge in [-0.2, -0.15) is 0 Å². The molecular formula is C22H42O3Si2. The maximum atomic E-state index is 6.48. The van der Waals surface area contributed by atoms with Crippen molar-refractivity contribution < 1.29 is 13.0 Å². The standard InChI is InChI=1S/C22H42O3Si2/c1-9-13-15-17-19-21(11-3)23-26(5,6)25-27(7,8)24-22(12-4)20-18-16-14-10-2/h21-22H,9-14,19-20H2,1-8H3. The summed E-state index contributed by atoms with van der Waals surface area (Å²) in [5.74, 6) is 12.9. The summed E-state index contributed by atoms with van der Waals surface area (Å²) in [6, 6.07) is 0. The average Bonchev–Trinajstić information content (AvgIpc) is 2.59. The molecule has 0 aliphatic carbocycles. The van der Waals surface area contributed by atoms with Crippen LogP contribution in [0.5, 0.6) is 0 Å². The van der Waals surface area contributed by atoms with Crippen LogP contribution in [0, 0.1) is 23.7 Å². The van der Waals surface area contributed by atoms with Crippen LogP contribution >= 0.6 is 0 Å². The molecule has 5 heteroatoms. The molecule has 0 spiro atoms. The maximum absolute atomic E-state index is 6.48. The third-order valence-electron chi connectivity index (χ3n) is 3.96. The molecule has 0 aliphatic heterocycles. The van der Waals surface area contributed by atoms with Crippen molar-refractivity contribution in [1.82, 2.24) is 0 Å². The highest BCUT2D eigenvalue weighted by molar-refractivity contribution is 6.78. The zero-order chi connectivity index (χ0) is 20.8.